The Labute approximate surface area is 123 Å². The van der Waals surface area contributed by atoms with Gasteiger partial charge in [0.2, 0.25) is 27.9 Å². The van der Waals surface area contributed by atoms with E-state index in [-0.39, 0.29) is 12.5 Å². The van der Waals surface area contributed by atoms with Gasteiger partial charge in [-0.1, -0.05) is 0 Å². The second kappa shape index (κ2) is 6.83. The molecule has 0 spiro atoms. The van der Waals surface area contributed by atoms with Gasteiger partial charge in [0.25, 0.3) is 0 Å². The van der Waals surface area contributed by atoms with Gasteiger partial charge in [-0.25, -0.2) is 13.1 Å². The molecule has 0 aromatic carbocycles. The largest absolute Gasteiger partial charge is 0.378 e. The van der Waals surface area contributed by atoms with E-state index in [2.05, 4.69) is 25.0 Å². The molecule has 2 rings (SSSR count). The quantitative estimate of drug-likeness (QED) is 0.522. The number of hydrogen-bond acceptors (Lipinski definition) is 9. The van der Waals surface area contributed by atoms with Crippen molar-refractivity contribution in [3.63, 3.8) is 0 Å². The van der Waals surface area contributed by atoms with E-state index >= 15 is 0 Å². The minimum absolute atomic E-state index is 0.116. The first-order chi connectivity index (χ1) is 9.94. The maximum atomic E-state index is 10.9. The van der Waals surface area contributed by atoms with E-state index in [4.69, 9.17) is 10.5 Å². The molecule has 0 unspecified atom stereocenters. The van der Waals surface area contributed by atoms with Crippen molar-refractivity contribution in [1.29, 1.82) is 0 Å². The molecular weight excluding hydrogens is 298 g/mol. The molecule has 0 radical (unpaired) electrons. The maximum Gasteiger partial charge on any atom is 0.232 e. The van der Waals surface area contributed by atoms with Crippen molar-refractivity contribution in [2.24, 2.45) is 0 Å². The molecule has 2 heterocycles. The first-order valence-electron chi connectivity index (χ1n) is 6.47. The SMILES string of the molecule is CS(=O)(=O)NCCNc1nc(N)nc(N2CCOCC2)n1. The van der Waals surface area contributed by atoms with Crippen LogP contribution in [0.3, 0.4) is 0 Å². The molecule has 21 heavy (non-hydrogen) atoms. The average Bonchev–Trinajstić information content (AvgIpc) is 2.43. The normalized spacial score (nSPS) is 16.0. The molecule has 118 valence electrons. The molecule has 1 fully saturated rings. The predicted molar refractivity (Wildman–Crippen MR) is 78.6 cm³/mol. The first-order valence-corrected chi connectivity index (χ1v) is 8.36. The number of rotatable bonds is 6. The van der Waals surface area contributed by atoms with Crippen molar-refractivity contribution in [2.75, 3.05) is 61.6 Å². The van der Waals surface area contributed by atoms with Crippen LogP contribution in [0, 0.1) is 0 Å². The summed E-state index contributed by atoms with van der Waals surface area (Å²) in [6, 6.07) is 0. The van der Waals surface area contributed by atoms with E-state index < -0.39 is 10.0 Å². The number of nitrogens with zero attached hydrogens (tertiary/aromatic N) is 4. The highest BCUT2D eigenvalue weighted by Gasteiger charge is 2.15. The minimum atomic E-state index is -3.20. The second-order valence-corrected chi connectivity index (χ2v) is 6.34. The smallest absolute Gasteiger partial charge is 0.232 e. The van der Waals surface area contributed by atoms with E-state index in [9.17, 15) is 8.42 Å². The molecule has 1 saturated heterocycles. The zero-order valence-corrected chi connectivity index (χ0v) is 12.6. The standard InChI is InChI=1S/C10H19N7O3S/c1-21(18,19)13-3-2-12-9-14-8(11)15-10(16-9)17-4-6-20-7-5-17/h13H,2-7H2,1H3,(H3,11,12,14,15,16). The highest BCUT2D eigenvalue weighted by Crippen LogP contribution is 2.13. The van der Waals surface area contributed by atoms with Gasteiger partial charge in [-0.3, -0.25) is 0 Å². The minimum Gasteiger partial charge on any atom is -0.378 e. The van der Waals surface area contributed by atoms with Crippen molar-refractivity contribution >= 4 is 27.9 Å². The van der Waals surface area contributed by atoms with Crippen LogP contribution < -0.4 is 20.7 Å². The Balaban J connectivity index is 1.95. The number of anilines is 3. The van der Waals surface area contributed by atoms with Gasteiger partial charge in [-0.2, -0.15) is 15.0 Å². The summed E-state index contributed by atoms with van der Waals surface area (Å²) in [5.41, 5.74) is 5.67. The fourth-order valence-corrected chi connectivity index (χ4v) is 2.25. The van der Waals surface area contributed by atoms with Crippen molar-refractivity contribution in [2.45, 2.75) is 0 Å². The van der Waals surface area contributed by atoms with E-state index in [1.165, 1.54) is 0 Å². The number of nitrogens with one attached hydrogen (secondary N) is 2. The molecule has 0 atom stereocenters. The van der Waals surface area contributed by atoms with Crippen LogP contribution in [0.15, 0.2) is 0 Å². The molecular formula is C10H19N7O3S. The molecule has 4 N–H and O–H groups in total. The van der Waals surface area contributed by atoms with Crippen molar-refractivity contribution in [3.8, 4) is 0 Å². The molecule has 0 amide bonds. The van der Waals surface area contributed by atoms with Crippen molar-refractivity contribution < 1.29 is 13.2 Å². The summed E-state index contributed by atoms with van der Waals surface area (Å²) < 4.78 is 29.5. The summed E-state index contributed by atoms with van der Waals surface area (Å²) in [4.78, 5) is 14.3. The third kappa shape index (κ3) is 5.28. The lowest BCUT2D eigenvalue weighted by atomic mass is 10.4. The summed E-state index contributed by atoms with van der Waals surface area (Å²) in [6.07, 6.45) is 1.10. The van der Waals surface area contributed by atoms with Crippen LogP contribution in [-0.4, -0.2) is 69.0 Å². The molecule has 1 aliphatic rings. The van der Waals surface area contributed by atoms with Gasteiger partial charge in [-0.05, 0) is 0 Å². The summed E-state index contributed by atoms with van der Waals surface area (Å²) >= 11 is 0. The number of nitrogens with two attached hydrogens (primary N) is 1. The van der Waals surface area contributed by atoms with Crippen LogP contribution in [-0.2, 0) is 14.8 Å². The van der Waals surface area contributed by atoms with Crippen LogP contribution in [0.25, 0.3) is 0 Å². The zero-order chi connectivity index (χ0) is 15.3. The summed E-state index contributed by atoms with van der Waals surface area (Å²) in [5.74, 6) is 0.925. The molecule has 1 aliphatic heterocycles. The van der Waals surface area contributed by atoms with Gasteiger partial charge in [0.1, 0.15) is 0 Å². The summed E-state index contributed by atoms with van der Waals surface area (Å²) in [7, 11) is -3.20. The van der Waals surface area contributed by atoms with E-state index in [0.29, 0.717) is 44.7 Å². The summed E-state index contributed by atoms with van der Waals surface area (Å²) in [6.45, 7) is 3.20. The van der Waals surface area contributed by atoms with E-state index in [1.54, 1.807) is 0 Å². The summed E-state index contributed by atoms with van der Waals surface area (Å²) in [5, 5.41) is 2.91. The molecule has 0 bridgehead atoms. The van der Waals surface area contributed by atoms with Crippen molar-refractivity contribution in [3.05, 3.63) is 0 Å². The van der Waals surface area contributed by atoms with Gasteiger partial charge in [0, 0.05) is 26.2 Å². The lowest BCUT2D eigenvalue weighted by molar-refractivity contribution is 0.122. The Morgan fingerprint density at radius 1 is 1.24 bits per heavy atom. The van der Waals surface area contributed by atoms with Crippen LogP contribution in [0.1, 0.15) is 0 Å². The van der Waals surface area contributed by atoms with Gasteiger partial charge >= 0.3 is 0 Å². The number of hydrogen-bond donors (Lipinski definition) is 3. The third-order valence-electron chi connectivity index (χ3n) is 2.71. The highest BCUT2D eigenvalue weighted by molar-refractivity contribution is 7.88. The fourth-order valence-electron chi connectivity index (χ4n) is 1.78. The van der Waals surface area contributed by atoms with Gasteiger partial charge < -0.3 is 20.7 Å². The molecule has 0 aliphatic carbocycles. The monoisotopic (exact) mass is 317 g/mol. The lowest BCUT2D eigenvalue weighted by Gasteiger charge is -2.26. The first kappa shape index (κ1) is 15.7. The Bertz CT molecular complexity index is 574. The van der Waals surface area contributed by atoms with Gasteiger partial charge in [0.15, 0.2) is 0 Å². The molecule has 1 aromatic rings. The Hall–Kier alpha value is -1.72. The zero-order valence-electron chi connectivity index (χ0n) is 11.7. The molecule has 11 heteroatoms. The molecule has 1 aromatic heterocycles. The third-order valence-corrected chi connectivity index (χ3v) is 3.44. The van der Waals surface area contributed by atoms with Gasteiger partial charge in [0.05, 0.1) is 19.5 Å². The number of ether oxygens (including phenoxy) is 1. The Morgan fingerprint density at radius 3 is 2.62 bits per heavy atom. The number of sulfonamides is 1. The van der Waals surface area contributed by atoms with E-state index in [0.717, 1.165) is 6.26 Å². The number of aromatic nitrogens is 3. The predicted octanol–water partition coefficient (Wildman–Crippen LogP) is -1.75. The Kier molecular flexibility index (Phi) is 5.09. The van der Waals surface area contributed by atoms with E-state index in [1.807, 2.05) is 4.90 Å². The van der Waals surface area contributed by atoms with Crippen LogP contribution in [0.4, 0.5) is 17.8 Å². The maximum absolute atomic E-state index is 10.9. The van der Waals surface area contributed by atoms with Crippen LogP contribution >= 0.6 is 0 Å². The van der Waals surface area contributed by atoms with Crippen molar-refractivity contribution in [1.82, 2.24) is 19.7 Å². The lowest BCUT2D eigenvalue weighted by Crippen LogP contribution is -2.37. The highest BCUT2D eigenvalue weighted by atomic mass is 32.2. The van der Waals surface area contributed by atoms with Crippen LogP contribution in [0.5, 0.6) is 0 Å². The Morgan fingerprint density at radius 2 is 1.95 bits per heavy atom. The number of nitrogen functional groups attached to an aromatic ring is 1. The number of morpholine rings is 1. The molecule has 10 nitrogen and oxygen atoms in total. The molecule has 0 saturated carbocycles. The fraction of sp³-hybridized carbons (Fsp3) is 0.700. The van der Waals surface area contributed by atoms with Crippen LogP contribution in [0.2, 0.25) is 0 Å². The second-order valence-electron chi connectivity index (χ2n) is 4.51. The van der Waals surface area contributed by atoms with Gasteiger partial charge in [-0.15, -0.1) is 0 Å². The topological polar surface area (TPSA) is 135 Å². The average molecular weight is 317 g/mol.